The lowest BCUT2D eigenvalue weighted by molar-refractivity contribution is 0.0793. The predicted octanol–water partition coefficient (Wildman–Crippen LogP) is 3.54. The van der Waals surface area contributed by atoms with Crippen LogP contribution in [0.4, 0.5) is 0 Å². The first-order chi connectivity index (χ1) is 7.50. The van der Waals surface area contributed by atoms with Crippen LogP contribution < -0.4 is 0 Å². The van der Waals surface area contributed by atoms with Crippen LogP contribution in [0.5, 0.6) is 0 Å². The number of amides is 1. The molecule has 1 amide bonds. The van der Waals surface area contributed by atoms with Gasteiger partial charge in [0, 0.05) is 29.0 Å². The van der Waals surface area contributed by atoms with Crippen LogP contribution >= 0.6 is 27.5 Å². The molecule has 0 saturated heterocycles. The van der Waals surface area contributed by atoms with E-state index in [2.05, 4.69) is 15.9 Å². The quantitative estimate of drug-likeness (QED) is 0.779. The Morgan fingerprint density at radius 2 is 2.00 bits per heavy atom. The second kappa shape index (κ2) is 6.26. The fourth-order valence-electron chi connectivity index (χ4n) is 1.29. The maximum Gasteiger partial charge on any atom is 0.253 e. The summed E-state index contributed by atoms with van der Waals surface area (Å²) in [4.78, 5) is 13.6. The first-order valence-electron chi connectivity index (χ1n) is 5.16. The van der Waals surface area contributed by atoms with E-state index in [9.17, 15) is 4.79 Å². The van der Waals surface area contributed by atoms with Crippen molar-refractivity contribution in [2.45, 2.75) is 18.7 Å². The largest absolute Gasteiger partial charge is 0.342 e. The van der Waals surface area contributed by atoms with Gasteiger partial charge in [0.15, 0.2) is 0 Å². The zero-order valence-electron chi connectivity index (χ0n) is 9.41. The Hall–Kier alpha value is -0.540. The molecule has 0 aliphatic carbocycles. The van der Waals surface area contributed by atoms with Crippen LogP contribution in [0, 0.1) is 0 Å². The van der Waals surface area contributed by atoms with Crippen molar-refractivity contribution in [3.8, 4) is 0 Å². The van der Waals surface area contributed by atoms with Gasteiger partial charge in [-0.25, -0.2) is 0 Å². The summed E-state index contributed by atoms with van der Waals surface area (Å²) in [5.74, 6) is 0.0322. The van der Waals surface area contributed by atoms with Gasteiger partial charge in [-0.1, -0.05) is 15.9 Å². The van der Waals surface area contributed by atoms with Gasteiger partial charge >= 0.3 is 0 Å². The number of carbonyl (C=O) groups is 1. The van der Waals surface area contributed by atoms with Gasteiger partial charge in [0.2, 0.25) is 0 Å². The SMILES string of the molecule is CC(Cl)CCN(C)C(=O)c1ccc(Br)cc1. The Labute approximate surface area is 110 Å². The number of hydrogen-bond donors (Lipinski definition) is 0. The molecule has 1 aromatic carbocycles. The molecule has 0 heterocycles. The highest BCUT2D eigenvalue weighted by molar-refractivity contribution is 9.10. The molecule has 1 atom stereocenters. The molecule has 0 saturated carbocycles. The van der Waals surface area contributed by atoms with Crippen molar-refractivity contribution >= 4 is 33.4 Å². The average molecular weight is 305 g/mol. The molecule has 88 valence electrons. The summed E-state index contributed by atoms with van der Waals surface area (Å²) in [5.41, 5.74) is 0.702. The van der Waals surface area contributed by atoms with E-state index in [1.54, 1.807) is 11.9 Å². The van der Waals surface area contributed by atoms with Gasteiger partial charge in [0.25, 0.3) is 5.91 Å². The first-order valence-corrected chi connectivity index (χ1v) is 6.38. The molecular weight excluding hydrogens is 289 g/mol. The molecule has 0 bridgehead atoms. The summed E-state index contributed by atoms with van der Waals surface area (Å²) < 4.78 is 0.973. The van der Waals surface area contributed by atoms with Crippen LogP contribution in [-0.2, 0) is 0 Å². The van der Waals surface area contributed by atoms with E-state index < -0.39 is 0 Å². The van der Waals surface area contributed by atoms with Crippen molar-refractivity contribution in [1.82, 2.24) is 4.90 Å². The topological polar surface area (TPSA) is 20.3 Å². The zero-order chi connectivity index (χ0) is 12.1. The van der Waals surface area contributed by atoms with E-state index in [1.807, 2.05) is 31.2 Å². The van der Waals surface area contributed by atoms with Crippen molar-refractivity contribution < 1.29 is 4.79 Å². The molecule has 1 rings (SSSR count). The third-order valence-corrected chi connectivity index (χ3v) is 3.05. The van der Waals surface area contributed by atoms with Gasteiger partial charge in [-0.2, -0.15) is 0 Å². The molecule has 2 nitrogen and oxygen atoms in total. The normalized spacial score (nSPS) is 12.2. The minimum atomic E-state index is 0.0322. The fourth-order valence-corrected chi connectivity index (χ4v) is 1.65. The number of benzene rings is 1. The van der Waals surface area contributed by atoms with E-state index >= 15 is 0 Å². The zero-order valence-corrected chi connectivity index (χ0v) is 11.8. The third kappa shape index (κ3) is 4.14. The van der Waals surface area contributed by atoms with Gasteiger partial charge in [-0.05, 0) is 37.6 Å². The first kappa shape index (κ1) is 13.5. The highest BCUT2D eigenvalue weighted by Gasteiger charge is 2.11. The standard InChI is InChI=1S/C12H15BrClNO/c1-9(14)7-8-15(2)12(16)10-3-5-11(13)6-4-10/h3-6,9H,7-8H2,1-2H3. The van der Waals surface area contributed by atoms with Crippen LogP contribution in [0.3, 0.4) is 0 Å². The highest BCUT2D eigenvalue weighted by atomic mass is 79.9. The Morgan fingerprint density at radius 1 is 1.44 bits per heavy atom. The third-order valence-electron chi connectivity index (χ3n) is 2.30. The van der Waals surface area contributed by atoms with E-state index in [0.29, 0.717) is 12.1 Å². The van der Waals surface area contributed by atoms with Gasteiger partial charge in [-0.15, -0.1) is 11.6 Å². The van der Waals surface area contributed by atoms with Gasteiger partial charge in [-0.3, -0.25) is 4.79 Å². The number of alkyl halides is 1. The van der Waals surface area contributed by atoms with Crippen LogP contribution in [-0.4, -0.2) is 29.8 Å². The molecule has 0 aliphatic rings. The lowest BCUT2D eigenvalue weighted by Gasteiger charge is -2.17. The minimum Gasteiger partial charge on any atom is -0.342 e. The van der Waals surface area contributed by atoms with Gasteiger partial charge < -0.3 is 4.90 Å². The smallest absolute Gasteiger partial charge is 0.253 e. The maximum atomic E-state index is 11.9. The molecule has 4 heteroatoms. The minimum absolute atomic E-state index is 0.0322. The second-order valence-corrected chi connectivity index (χ2v) is 5.46. The lowest BCUT2D eigenvalue weighted by atomic mass is 10.2. The van der Waals surface area contributed by atoms with Gasteiger partial charge in [0.1, 0.15) is 0 Å². The molecule has 1 aromatic rings. The van der Waals surface area contributed by atoms with Crippen LogP contribution in [0.25, 0.3) is 0 Å². The summed E-state index contributed by atoms with van der Waals surface area (Å²) in [6, 6.07) is 7.36. The Kier molecular flexibility index (Phi) is 5.29. The Bertz CT molecular complexity index is 351. The van der Waals surface area contributed by atoms with Gasteiger partial charge in [0.05, 0.1) is 0 Å². The van der Waals surface area contributed by atoms with E-state index in [1.165, 1.54) is 0 Å². The van der Waals surface area contributed by atoms with Crippen molar-refractivity contribution in [2.75, 3.05) is 13.6 Å². The van der Waals surface area contributed by atoms with Crippen molar-refractivity contribution in [2.24, 2.45) is 0 Å². The number of halogens is 2. The molecule has 0 aromatic heterocycles. The maximum absolute atomic E-state index is 11.9. The summed E-state index contributed by atoms with van der Waals surface area (Å²) in [6.45, 7) is 2.61. The Morgan fingerprint density at radius 3 is 2.50 bits per heavy atom. The second-order valence-electron chi connectivity index (χ2n) is 3.80. The number of hydrogen-bond acceptors (Lipinski definition) is 1. The summed E-state index contributed by atoms with van der Waals surface area (Å²) in [7, 11) is 1.80. The average Bonchev–Trinajstić information content (AvgIpc) is 2.26. The summed E-state index contributed by atoms with van der Waals surface area (Å²) >= 11 is 9.19. The highest BCUT2D eigenvalue weighted by Crippen LogP contribution is 2.12. The van der Waals surface area contributed by atoms with Crippen molar-refractivity contribution in [1.29, 1.82) is 0 Å². The number of rotatable bonds is 4. The predicted molar refractivity (Wildman–Crippen MR) is 71.0 cm³/mol. The molecular formula is C12H15BrClNO. The summed E-state index contributed by atoms with van der Waals surface area (Å²) in [6.07, 6.45) is 0.806. The summed E-state index contributed by atoms with van der Waals surface area (Å²) in [5, 5.41) is 0.0974. The molecule has 0 radical (unpaired) electrons. The monoisotopic (exact) mass is 303 g/mol. The van der Waals surface area contributed by atoms with Crippen LogP contribution in [0.2, 0.25) is 0 Å². The Balaban J connectivity index is 2.60. The van der Waals surface area contributed by atoms with Crippen LogP contribution in [0.1, 0.15) is 23.7 Å². The van der Waals surface area contributed by atoms with E-state index in [4.69, 9.17) is 11.6 Å². The van der Waals surface area contributed by atoms with E-state index in [-0.39, 0.29) is 11.3 Å². The van der Waals surface area contributed by atoms with Crippen molar-refractivity contribution in [3.63, 3.8) is 0 Å². The molecule has 0 spiro atoms. The lowest BCUT2D eigenvalue weighted by Crippen LogP contribution is -2.28. The fraction of sp³-hybridized carbons (Fsp3) is 0.417. The molecule has 0 N–H and O–H groups in total. The molecule has 0 fully saturated rings. The van der Waals surface area contributed by atoms with Crippen LogP contribution in [0.15, 0.2) is 28.7 Å². The number of carbonyl (C=O) groups excluding carboxylic acids is 1. The van der Waals surface area contributed by atoms with Crippen molar-refractivity contribution in [3.05, 3.63) is 34.3 Å². The number of nitrogens with zero attached hydrogens (tertiary/aromatic N) is 1. The van der Waals surface area contributed by atoms with E-state index in [0.717, 1.165) is 10.9 Å². The molecule has 0 aliphatic heterocycles. The molecule has 16 heavy (non-hydrogen) atoms. The molecule has 1 unspecified atom stereocenters.